The summed E-state index contributed by atoms with van der Waals surface area (Å²) in [6.07, 6.45) is -5.08. The summed E-state index contributed by atoms with van der Waals surface area (Å²) in [6.45, 7) is 0. The summed E-state index contributed by atoms with van der Waals surface area (Å²) in [6, 6.07) is 27.6. The van der Waals surface area contributed by atoms with Gasteiger partial charge in [0.05, 0.1) is 0 Å². The highest BCUT2D eigenvalue weighted by Gasteiger charge is 2.38. The van der Waals surface area contributed by atoms with Crippen molar-refractivity contribution in [2.75, 3.05) is 5.32 Å². The van der Waals surface area contributed by atoms with Crippen molar-refractivity contribution in [1.82, 2.24) is 0 Å². The van der Waals surface area contributed by atoms with Crippen LogP contribution in [-0.4, -0.2) is 29.0 Å². The first kappa shape index (κ1) is 25.8. The molecule has 0 fully saturated rings. The number of carboxylic acid groups (broad SMARTS) is 1. The molecule has 0 aromatic heterocycles. The Bertz CT molecular complexity index is 1410. The fourth-order valence-electron chi connectivity index (χ4n) is 3.02. The smallest absolute Gasteiger partial charge is 0.475 e. The third-order valence-corrected chi connectivity index (χ3v) is 4.73. The highest BCUT2D eigenvalue weighted by molar-refractivity contribution is 6.07. The van der Waals surface area contributed by atoms with Gasteiger partial charge in [0, 0.05) is 22.9 Å². The van der Waals surface area contributed by atoms with Crippen LogP contribution in [0.15, 0.2) is 91.0 Å². The van der Waals surface area contributed by atoms with Gasteiger partial charge in [-0.15, -0.1) is 0 Å². The molecule has 4 rings (SSSR count). The number of carboxylic acids is 1. The Hall–Kier alpha value is -4.86. The van der Waals surface area contributed by atoms with Crippen molar-refractivity contribution in [2.24, 2.45) is 5.73 Å². The number of nitrogens with two attached hydrogens (primary N) is 1. The predicted molar refractivity (Wildman–Crippen MR) is 130 cm³/mol. The van der Waals surface area contributed by atoms with Gasteiger partial charge in [-0.3, -0.25) is 10.2 Å². The number of anilines is 1. The first-order valence-corrected chi connectivity index (χ1v) is 10.4. The van der Waals surface area contributed by atoms with Crippen LogP contribution in [0.25, 0.3) is 10.8 Å². The summed E-state index contributed by atoms with van der Waals surface area (Å²) >= 11 is 0. The van der Waals surface area contributed by atoms with Crippen LogP contribution in [0.1, 0.15) is 15.9 Å². The van der Waals surface area contributed by atoms with E-state index in [-0.39, 0.29) is 11.7 Å². The topological polar surface area (TPSA) is 126 Å². The molecule has 0 radical (unpaired) electrons. The number of nitrogens with one attached hydrogen (secondary N) is 2. The number of amides is 1. The van der Waals surface area contributed by atoms with Crippen molar-refractivity contribution in [2.45, 2.75) is 6.18 Å². The largest absolute Gasteiger partial charge is 0.490 e. The van der Waals surface area contributed by atoms with Crippen LogP contribution < -0.4 is 15.8 Å². The van der Waals surface area contributed by atoms with Gasteiger partial charge in [0.2, 0.25) is 0 Å². The maximum atomic E-state index is 12.7. The molecule has 0 saturated carbocycles. The van der Waals surface area contributed by atoms with Crippen molar-refractivity contribution < 1.29 is 32.6 Å². The number of ether oxygens (including phenoxy) is 1. The monoisotopic (exact) mass is 495 g/mol. The number of carbonyl (C=O) groups excluding carboxylic acids is 1. The number of nitrogen functional groups attached to an aromatic ring is 1. The predicted octanol–water partition coefficient (Wildman–Crippen LogP) is 5.80. The van der Waals surface area contributed by atoms with Crippen LogP contribution >= 0.6 is 0 Å². The van der Waals surface area contributed by atoms with Gasteiger partial charge in [0.15, 0.2) is 0 Å². The number of hydrogen-bond donors (Lipinski definition) is 4. The molecule has 5 N–H and O–H groups in total. The maximum absolute atomic E-state index is 12.7. The van der Waals surface area contributed by atoms with E-state index in [4.69, 9.17) is 25.8 Å². The molecule has 0 aliphatic heterocycles. The third kappa shape index (κ3) is 7.07. The van der Waals surface area contributed by atoms with E-state index >= 15 is 0 Å². The van der Waals surface area contributed by atoms with Crippen molar-refractivity contribution in [3.63, 3.8) is 0 Å². The van der Waals surface area contributed by atoms with Gasteiger partial charge in [0.25, 0.3) is 5.91 Å². The van der Waals surface area contributed by atoms with Crippen molar-refractivity contribution in [1.29, 1.82) is 5.41 Å². The van der Waals surface area contributed by atoms with Crippen molar-refractivity contribution in [3.05, 3.63) is 102 Å². The van der Waals surface area contributed by atoms with Gasteiger partial charge >= 0.3 is 12.1 Å². The van der Waals surface area contributed by atoms with Gasteiger partial charge < -0.3 is 20.9 Å². The molecule has 0 saturated heterocycles. The molecule has 0 aliphatic rings. The summed E-state index contributed by atoms with van der Waals surface area (Å²) in [7, 11) is 0. The lowest BCUT2D eigenvalue weighted by Crippen LogP contribution is -2.21. The van der Waals surface area contributed by atoms with E-state index in [1.807, 2.05) is 72.8 Å². The molecule has 0 aliphatic carbocycles. The number of rotatable bonds is 5. The number of fused-ring (bicyclic) bond motifs is 1. The third-order valence-electron chi connectivity index (χ3n) is 4.73. The summed E-state index contributed by atoms with van der Waals surface area (Å²) in [5, 5.41) is 19.4. The number of hydrogen-bond acceptors (Lipinski definition) is 4. The van der Waals surface area contributed by atoms with E-state index in [2.05, 4.69) is 5.32 Å². The zero-order chi connectivity index (χ0) is 26.3. The average Bonchev–Trinajstić information content (AvgIpc) is 2.84. The molecule has 4 aromatic rings. The number of carbonyl (C=O) groups is 2. The molecule has 0 heterocycles. The molecular weight excluding hydrogens is 475 g/mol. The van der Waals surface area contributed by atoms with E-state index in [1.165, 1.54) is 0 Å². The molecule has 184 valence electrons. The summed E-state index contributed by atoms with van der Waals surface area (Å²) < 4.78 is 37.6. The SMILES string of the molecule is N=C(N)c1ccc2cc(C(=O)Nc3cccc(Oc4ccccc4)c3)ccc2c1.O=C(O)C(F)(F)F. The molecular formula is C26H20F3N3O4. The minimum absolute atomic E-state index is 0.0197. The molecule has 10 heteroatoms. The Labute approximate surface area is 203 Å². The van der Waals surface area contributed by atoms with E-state index in [9.17, 15) is 18.0 Å². The molecule has 0 atom stereocenters. The van der Waals surface area contributed by atoms with Crippen LogP contribution in [-0.2, 0) is 4.79 Å². The Morgan fingerprint density at radius 2 is 1.36 bits per heavy atom. The lowest BCUT2D eigenvalue weighted by atomic mass is 10.0. The van der Waals surface area contributed by atoms with Crippen LogP contribution in [0.4, 0.5) is 18.9 Å². The normalized spacial score (nSPS) is 10.6. The fourth-order valence-corrected chi connectivity index (χ4v) is 3.02. The summed E-state index contributed by atoms with van der Waals surface area (Å²) in [5.41, 5.74) is 7.39. The number of aliphatic carboxylic acids is 1. The highest BCUT2D eigenvalue weighted by Crippen LogP contribution is 2.25. The Morgan fingerprint density at radius 1 is 0.806 bits per heavy atom. The number of amidine groups is 1. The minimum atomic E-state index is -5.08. The van der Waals surface area contributed by atoms with E-state index in [0.717, 1.165) is 16.5 Å². The first-order valence-electron chi connectivity index (χ1n) is 10.4. The number of para-hydroxylation sites is 1. The van der Waals surface area contributed by atoms with Crippen LogP contribution in [0.5, 0.6) is 11.5 Å². The first-order chi connectivity index (χ1) is 17.0. The second-order valence-corrected chi connectivity index (χ2v) is 7.39. The van der Waals surface area contributed by atoms with Crippen molar-refractivity contribution >= 4 is 34.2 Å². The molecule has 7 nitrogen and oxygen atoms in total. The van der Waals surface area contributed by atoms with Gasteiger partial charge in [0.1, 0.15) is 17.3 Å². The maximum Gasteiger partial charge on any atom is 0.490 e. The zero-order valence-electron chi connectivity index (χ0n) is 18.5. The minimum Gasteiger partial charge on any atom is -0.475 e. The van der Waals surface area contributed by atoms with Crippen LogP contribution in [0, 0.1) is 5.41 Å². The molecule has 0 unspecified atom stereocenters. The van der Waals surface area contributed by atoms with E-state index in [0.29, 0.717) is 22.6 Å². The Kier molecular flexibility index (Phi) is 7.90. The summed E-state index contributed by atoms with van der Waals surface area (Å²) in [4.78, 5) is 21.6. The number of alkyl halides is 3. The fraction of sp³-hybridized carbons (Fsp3) is 0.0385. The Balaban J connectivity index is 0.000000454. The van der Waals surface area contributed by atoms with Gasteiger partial charge in [-0.1, -0.05) is 42.5 Å². The van der Waals surface area contributed by atoms with E-state index < -0.39 is 12.1 Å². The Morgan fingerprint density at radius 3 is 1.94 bits per heavy atom. The molecule has 36 heavy (non-hydrogen) atoms. The zero-order valence-corrected chi connectivity index (χ0v) is 18.5. The summed E-state index contributed by atoms with van der Waals surface area (Å²) in [5.74, 6) is -1.57. The van der Waals surface area contributed by atoms with Crippen LogP contribution in [0.2, 0.25) is 0 Å². The number of benzene rings is 4. The molecule has 4 aromatic carbocycles. The highest BCUT2D eigenvalue weighted by atomic mass is 19.4. The van der Waals surface area contributed by atoms with E-state index in [1.54, 1.807) is 18.2 Å². The second-order valence-electron chi connectivity index (χ2n) is 7.39. The molecule has 0 bridgehead atoms. The standard InChI is InChI=1S/C24H19N3O2.C2HF3O2/c25-23(26)18-11-9-17-14-19(12-10-16(17)13-18)24(28)27-20-5-4-8-22(15-20)29-21-6-2-1-3-7-21;3-2(4,5)1(6)7/h1-15H,(H3,25,26)(H,27,28);(H,6,7). The molecule has 0 spiro atoms. The van der Waals surface area contributed by atoms with Crippen molar-refractivity contribution in [3.8, 4) is 11.5 Å². The van der Waals surface area contributed by atoms with Gasteiger partial charge in [-0.25, -0.2) is 4.79 Å². The molecule has 1 amide bonds. The lowest BCUT2D eigenvalue weighted by Gasteiger charge is -2.10. The average molecular weight is 495 g/mol. The second kappa shape index (κ2) is 11.0. The quantitative estimate of drug-likeness (QED) is 0.206. The van der Waals surface area contributed by atoms with Gasteiger partial charge in [-0.2, -0.15) is 13.2 Å². The number of halogens is 3. The van der Waals surface area contributed by atoms with Gasteiger partial charge in [-0.05, 0) is 53.2 Å². The van der Waals surface area contributed by atoms with Crippen LogP contribution in [0.3, 0.4) is 0 Å². The lowest BCUT2D eigenvalue weighted by molar-refractivity contribution is -0.192.